The smallest absolute Gasteiger partial charge is 0.147 e. The Hall–Kier alpha value is -1.55. The lowest BCUT2D eigenvalue weighted by Gasteiger charge is -2.00. The molecule has 0 fully saturated rings. The summed E-state index contributed by atoms with van der Waals surface area (Å²) in [7, 11) is 0. The highest BCUT2D eigenvalue weighted by Crippen LogP contribution is 2.03. The molecule has 4 heteroatoms. The average Bonchev–Trinajstić information content (AvgIpc) is 2.32. The molecule has 3 nitrogen and oxygen atoms in total. The van der Waals surface area contributed by atoms with E-state index in [0.717, 1.165) is 9.96 Å². The van der Waals surface area contributed by atoms with Gasteiger partial charge in [0.2, 0.25) is 0 Å². The number of nitrogens with two attached hydrogens (primary N) is 1. The van der Waals surface area contributed by atoms with Crippen molar-refractivity contribution in [3.05, 3.63) is 64.2 Å². The summed E-state index contributed by atoms with van der Waals surface area (Å²) < 4.78 is 2.48. The summed E-state index contributed by atoms with van der Waals surface area (Å²) in [6, 6.07) is 13.9. The Morgan fingerprint density at radius 3 is 2.69 bits per heavy atom. The van der Waals surface area contributed by atoms with Crippen LogP contribution < -0.4 is 11.3 Å². The summed E-state index contributed by atoms with van der Waals surface area (Å²) in [6.07, 6.45) is 1.77. The molecule has 0 aliphatic heterocycles. The first-order valence-corrected chi connectivity index (χ1v) is 5.73. The van der Waals surface area contributed by atoms with Crippen LogP contribution in [0.15, 0.2) is 58.1 Å². The van der Waals surface area contributed by atoms with E-state index in [-0.39, 0.29) is 0 Å². The van der Waals surface area contributed by atoms with E-state index in [4.69, 9.17) is 5.84 Å². The lowest BCUT2D eigenvalue weighted by Crippen LogP contribution is -2.26. The highest BCUT2D eigenvalue weighted by Gasteiger charge is 1.92. The van der Waals surface area contributed by atoms with Gasteiger partial charge in [-0.05, 0) is 17.7 Å². The second kappa shape index (κ2) is 4.99. The van der Waals surface area contributed by atoms with Gasteiger partial charge in [-0.15, -0.1) is 0 Å². The van der Waals surface area contributed by atoms with Crippen LogP contribution in [0.2, 0.25) is 0 Å². The molecule has 0 spiro atoms. The van der Waals surface area contributed by atoms with Gasteiger partial charge < -0.3 is 5.84 Å². The van der Waals surface area contributed by atoms with Crippen LogP contribution in [-0.2, 0) is 6.54 Å². The van der Waals surface area contributed by atoms with Crippen molar-refractivity contribution in [3.8, 4) is 0 Å². The molecule has 2 aromatic rings. The van der Waals surface area contributed by atoms with Crippen molar-refractivity contribution in [2.75, 3.05) is 5.84 Å². The summed E-state index contributed by atoms with van der Waals surface area (Å²) in [4.78, 5) is 4.44. The SMILES string of the molecule is Nn1ccc(Br)cc1=NCc1ccccc1. The fourth-order valence-corrected chi connectivity index (χ4v) is 1.68. The van der Waals surface area contributed by atoms with E-state index in [2.05, 4.69) is 20.9 Å². The number of nitrogen functional groups attached to an aromatic ring is 1. The Labute approximate surface area is 102 Å². The van der Waals surface area contributed by atoms with Crippen LogP contribution in [0.25, 0.3) is 0 Å². The molecule has 1 aromatic carbocycles. The largest absolute Gasteiger partial charge is 0.338 e. The number of pyridine rings is 1. The molecular weight excluding hydrogens is 266 g/mol. The molecule has 0 saturated heterocycles. The maximum Gasteiger partial charge on any atom is 0.147 e. The highest BCUT2D eigenvalue weighted by molar-refractivity contribution is 9.10. The molecular formula is C12H12BrN3. The Morgan fingerprint density at radius 2 is 1.94 bits per heavy atom. The van der Waals surface area contributed by atoms with Crippen LogP contribution in [0.3, 0.4) is 0 Å². The van der Waals surface area contributed by atoms with Crippen LogP contribution in [0.1, 0.15) is 5.56 Å². The van der Waals surface area contributed by atoms with E-state index in [1.165, 1.54) is 10.2 Å². The Bertz CT molecular complexity index is 531. The van der Waals surface area contributed by atoms with Gasteiger partial charge in [-0.25, -0.2) is 0 Å². The Balaban J connectivity index is 2.28. The molecule has 16 heavy (non-hydrogen) atoms. The molecule has 0 saturated carbocycles. The minimum Gasteiger partial charge on any atom is -0.338 e. The molecule has 0 aliphatic rings. The van der Waals surface area contributed by atoms with E-state index >= 15 is 0 Å². The molecule has 1 aromatic heterocycles. The summed E-state index contributed by atoms with van der Waals surface area (Å²) in [5.41, 5.74) is 1.92. The van der Waals surface area contributed by atoms with Gasteiger partial charge >= 0.3 is 0 Å². The summed E-state index contributed by atoms with van der Waals surface area (Å²) in [5.74, 6) is 5.76. The number of hydrogen-bond acceptors (Lipinski definition) is 2. The standard InChI is InChI=1S/C12H12BrN3/c13-11-6-7-16(14)12(8-11)15-9-10-4-2-1-3-5-10/h1-8H,9,14H2. The fourth-order valence-electron chi connectivity index (χ4n) is 1.36. The summed E-state index contributed by atoms with van der Waals surface area (Å²) in [6.45, 7) is 0.633. The van der Waals surface area contributed by atoms with Crippen molar-refractivity contribution in [1.29, 1.82) is 0 Å². The number of hydrogen-bond donors (Lipinski definition) is 1. The molecule has 82 valence electrons. The zero-order valence-electron chi connectivity index (χ0n) is 8.68. The molecule has 2 N–H and O–H groups in total. The van der Waals surface area contributed by atoms with E-state index in [1.807, 2.05) is 42.5 Å². The van der Waals surface area contributed by atoms with E-state index in [1.54, 1.807) is 6.20 Å². The first-order valence-electron chi connectivity index (χ1n) is 4.93. The van der Waals surface area contributed by atoms with Crippen LogP contribution in [-0.4, -0.2) is 4.68 Å². The molecule has 0 aliphatic carbocycles. The lowest BCUT2D eigenvalue weighted by molar-refractivity contribution is 0.849. The predicted molar refractivity (Wildman–Crippen MR) is 68.0 cm³/mol. The minimum atomic E-state index is 0.633. The van der Waals surface area contributed by atoms with Crippen molar-refractivity contribution < 1.29 is 0 Å². The Kier molecular flexibility index (Phi) is 3.41. The van der Waals surface area contributed by atoms with Crippen molar-refractivity contribution in [2.45, 2.75) is 6.54 Å². The number of nitrogens with zero attached hydrogens (tertiary/aromatic N) is 2. The molecule has 0 bridgehead atoms. The topological polar surface area (TPSA) is 43.3 Å². The second-order valence-corrected chi connectivity index (χ2v) is 4.33. The molecule has 0 radical (unpaired) electrons. The Morgan fingerprint density at radius 1 is 1.19 bits per heavy atom. The van der Waals surface area contributed by atoms with Crippen LogP contribution >= 0.6 is 15.9 Å². The van der Waals surface area contributed by atoms with Gasteiger partial charge in [0.1, 0.15) is 5.49 Å². The van der Waals surface area contributed by atoms with Gasteiger partial charge in [-0.3, -0.25) is 9.67 Å². The van der Waals surface area contributed by atoms with Gasteiger partial charge in [0.15, 0.2) is 0 Å². The average molecular weight is 278 g/mol. The van der Waals surface area contributed by atoms with E-state index in [0.29, 0.717) is 6.54 Å². The lowest BCUT2D eigenvalue weighted by atomic mass is 10.2. The summed E-state index contributed by atoms with van der Waals surface area (Å²) >= 11 is 3.39. The third kappa shape index (κ3) is 2.73. The molecule has 2 rings (SSSR count). The van der Waals surface area contributed by atoms with Crippen LogP contribution in [0, 0.1) is 0 Å². The van der Waals surface area contributed by atoms with Crippen LogP contribution in [0.5, 0.6) is 0 Å². The zero-order chi connectivity index (χ0) is 11.4. The molecule has 0 amide bonds. The van der Waals surface area contributed by atoms with E-state index in [9.17, 15) is 0 Å². The van der Waals surface area contributed by atoms with Crippen molar-refractivity contribution >= 4 is 15.9 Å². The first-order chi connectivity index (χ1) is 7.75. The van der Waals surface area contributed by atoms with Gasteiger partial charge in [0.05, 0.1) is 6.54 Å². The zero-order valence-corrected chi connectivity index (χ0v) is 10.3. The monoisotopic (exact) mass is 277 g/mol. The number of rotatable bonds is 2. The maximum absolute atomic E-state index is 5.76. The quantitative estimate of drug-likeness (QED) is 0.840. The first kappa shape index (κ1) is 11.0. The van der Waals surface area contributed by atoms with Crippen molar-refractivity contribution in [3.63, 3.8) is 0 Å². The molecule has 1 heterocycles. The van der Waals surface area contributed by atoms with Gasteiger partial charge in [0.25, 0.3) is 0 Å². The normalized spacial score (nSPS) is 11.7. The minimum absolute atomic E-state index is 0.633. The van der Waals surface area contributed by atoms with Gasteiger partial charge in [-0.1, -0.05) is 46.3 Å². The predicted octanol–water partition coefficient (Wildman–Crippen LogP) is 2.07. The molecule has 0 atom stereocenters. The fraction of sp³-hybridized carbons (Fsp3) is 0.0833. The van der Waals surface area contributed by atoms with Crippen molar-refractivity contribution in [2.24, 2.45) is 4.99 Å². The highest BCUT2D eigenvalue weighted by atomic mass is 79.9. The van der Waals surface area contributed by atoms with Gasteiger partial charge in [-0.2, -0.15) is 0 Å². The second-order valence-electron chi connectivity index (χ2n) is 3.41. The number of benzene rings is 1. The number of aromatic nitrogens is 1. The van der Waals surface area contributed by atoms with Crippen LogP contribution in [0.4, 0.5) is 0 Å². The maximum atomic E-state index is 5.76. The molecule has 0 unspecified atom stereocenters. The van der Waals surface area contributed by atoms with Gasteiger partial charge in [0, 0.05) is 10.7 Å². The number of halogens is 1. The van der Waals surface area contributed by atoms with E-state index < -0.39 is 0 Å². The van der Waals surface area contributed by atoms with Crippen molar-refractivity contribution in [1.82, 2.24) is 4.68 Å². The third-order valence-electron chi connectivity index (χ3n) is 2.19. The summed E-state index contributed by atoms with van der Waals surface area (Å²) in [5, 5.41) is 0. The third-order valence-corrected chi connectivity index (χ3v) is 2.69.